The summed E-state index contributed by atoms with van der Waals surface area (Å²) in [5.41, 5.74) is 2.52. The summed E-state index contributed by atoms with van der Waals surface area (Å²) in [6, 6.07) is 13.7. The molecule has 0 bridgehead atoms. The molecular weight excluding hydrogens is 307 g/mol. The molecule has 1 atom stereocenters. The summed E-state index contributed by atoms with van der Waals surface area (Å²) in [4.78, 5) is 16.7. The summed E-state index contributed by atoms with van der Waals surface area (Å²) in [5, 5.41) is 6.40. The van der Waals surface area contributed by atoms with Crippen molar-refractivity contribution in [1.29, 1.82) is 0 Å². The molecule has 0 aliphatic rings. The van der Waals surface area contributed by atoms with Crippen molar-refractivity contribution in [2.45, 2.75) is 26.2 Å². The quantitative estimate of drug-likeness (QED) is 0.607. The normalized spacial score (nSPS) is 12.1. The number of carbonyl (C=O) groups is 1. The molecule has 0 fully saturated rings. The number of hydrogen-bond donors (Lipinski definition) is 1. The van der Waals surface area contributed by atoms with Gasteiger partial charge < -0.3 is 10.2 Å². The van der Waals surface area contributed by atoms with Crippen LogP contribution in [-0.2, 0) is 9.63 Å². The van der Waals surface area contributed by atoms with Crippen LogP contribution in [0.25, 0.3) is 0 Å². The van der Waals surface area contributed by atoms with Gasteiger partial charge in [-0.3, -0.25) is 4.79 Å². The van der Waals surface area contributed by atoms with Crippen molar-refractivity contribution in [2.24, 2.45) is 5.16 Å². The Morgan fingerprint density at radius 3 is 2.71 bits per heavy atom. The highest BCUT2D eigenvalue weighted by atomic mass is 19.1. The molecule has 0 saturated heterocycles. The first-order valence-electron chi connectivity index (χ1n) is 7.89. The summed E-state index contributed by atoms with van der Waals surface area (Å²) >= 11 is 0. The van der Waals surface area contributed by atoms with E-state index in [4.69, 9.17) is 4.84 Å². The Labute approximate surface area is 141 Å². The Kier molecular flexibility index (Phi) is 6.49. The van der Waals surface area contributed by atoms with Crippen molar-refractivity contribution >= 4 is 17.8 Å². The lowest BCUT2D eigenvalue weighted by atomic mass is 9.99. The average Bonchev–Trinajstić information content (AvgIpc) is 2.59. The van der Waals surface area contributed by atoms with Crippen LogP contribution < -0.4 is 5.32 Å². The van der Waals surface area contributed by atoms with Crippen LogP contribution in [0.4, 0.5) is 10.1 Å². The fraction of sp³-hybridized carbons (Fsp3) is 0.263. The monoisotopic (exact) mass is 328 g/mol. The fourth-order valence-corrected chi connectivity index (χ4v) is 2.11. The van der Waals surface area contributed by atoms with E-state index in [2.05, 4.69) is 24.3 Å². The molecular formula is C19H21FN2O2. The van der Waals surface area contributed by atoms with Gasteiger partial charge in [0.1, 0.15) is 5.82 Å². The maximum absolute atomic E-state index is 13.0. The first-order chi connectivity index (χ1) is 11.6. The topological polar surface area (TPSA) is 50.7 Å². The molecule has 2 rings (SSSR count). The van der Waals surface area contributed by atoms with Crippen LogP contribution in [-0.4, -0.2) is 18.7 Å². The summed E-state index contributed by atoms with van der Waals surface area (Å²) in [6.07, 6.45) is 2.43. The number of anilines is 1. The van der Waals surface area contributed by atoms with Gasteiger partial charge in [0.05, 0.1) is 6.21 Å². The van der Waals surface area contributed by atoms with E-state index in [9.17, 15) is 9.18 Å². The molecule has 0 radical (unpaired) electrons. The Morgan fingerprint density at radius 2 is 2.04 bits per heavy atom. The number of carbonyl (C=O) groups excluding carboxylic acids is 1. The highest BCUT2D eigenvalue weighted by Crippen LogP contribution is 2.20. The van der Waals surface area contributed by atoms with Gasteiger partial charge in [0, 0.05) is 5.69 Å². The summed E-state index contributed by atoms with van der Waals surface area (Å²) in [5.74, 6) is -0.157. The molecule has 0 heterocycles. The number of rotatable bonds is 7. The van der Waals surface area contributed by atoms with Crippen molar-refractivity contribution in [3.8, 4) is 0 Å². The number of hydrogen-bond acceptors (Lipinski definition) is 3. The Balaban J connectivity index is 1.79. The molecule has 0 saturated carbocycles. The third-order valence-electron chi connectivity index (χ3n) is 3.70. The highest BCUT2D eigenvalue weighted by Gasteiger charge is 2.05. The first-order valence-corrected chi connectivity index (χ1v) is 7.89. The van der Waals surface area contributed by atoms with Crippen LogP contribution in [0.3, 0.4) is 0 Å². The average molecular weight is 328 g/mol. The molecule has 0 spiro atoms. The van der Waals surface area contributed by atoms with Gasteiger partial charge in [-0.15, -0.1) is 0 Å². The van der Waals surface area contributed by atoms with Gasteiger partial charge in [0.25, 0.3) is 5.91 Å². The molecule has 0 aliphatic carbocycles. The molecule has 0 aromatic heterocycles. The van der Waals surface area contributed by atoms with E-state index >= 15 is 0 Å². The molecule has 1 N–H and O–H groups in total. The number of nitrogens with one attached hydrogen (secondary N) is 1. The lowest BCUT2D eigenvalue weighted by molar-refractivity contribution is -0.120. The smallest absolute Gasteiger partial charge is 0.265 e. The van der Waals surface area contributed by atoms with Crippen LogP contribution in [0.5, 0.6) is 0 Å². The van der Waals surface area contributed by atoms with Crippen molar-refractivity contribution in [3.63, 3.8) is 0 Å². The minimum absolute atomic E-state index is 0.209. The molecule has 24 heavy (non-hydrogen) atoms. The standard InChI is InChI=1S/C19H21FN2O2/c1-3-14(2)16-7-9-18(10-8-16)22-19(23)13-24-21-12-15-5-4-6-17(20)11-15/h4-12,14H,3,13H2,1-2H3,(H,22,23)/b21-12-/t14-/m0/s1. The number of amides is 1. The first kappa shape index (κ1) is 17.7. The van der Waals surface area contributed by atoms with Gasteiger partial charge in [-0.25, -0.2) is 4.39 Å². The Morgan fingerprint density at radius 1 is 1.29 bits per heavy atom. The van der Waals surface area contributed by atoms with E-state index in [1.807, 2.05) is 24.3 Å². The second-order valence-corrected chi connectivity index (χ2v) is 5.54. The van der Waals surface area contributed by atoms with Crippen molar-refractivity contribution in [1.82, 2.24) is 0 Å². The van der Waals surface area contributed by atoms with Crippen molar-refractivity contribution in [2.75, 3.05) is 11.9 Å². The highest BCUT2D eigenvalue weighted by molar-refractivity contribution is 5.91. The predicted molar refractivity (Wildman–Crippen MR) is 93.7 cm³/mol. The van der Waals surface area contributed by atoms with Crippen LogP contribution in [0.2, 0.25) is 0 Å². The minimum Gasteiger partial charge on any atom is -0.386 e. The van der Waals surface area contributed by atoms with E-state index < -0.39 is 0 Å². The maximum atomic E-state index is 13.0. The number of benzene rings is 2. The predicted octanol–water partition coefficient (Wildman–Crippen LogP) is 4.33. The molecule has 0 aliphatic heterocycles. The largest absolute Gasteiger partial charge is 0.386 e. The third kappa shape index (κ3) is 5.50. The van der Waals surface area contributed by atoms with E-state index in [1.54, 1.807) is 12.1 Å². The summed E-state index contributed by atoms with van der Waals surface area (Å²) in [6.45, 7) is 4.10. The van der Waals surface area contributed by atoms with Gasteiger partial charge in [-0.1, -0.05) is 43.3 Å². The van der Waals surface area contributed by atoms with Gasteiger partial charge in [0.15, 0.2) is 6.61 Å². The van der Waals surface area contributed by atoms with E-state index in [0.717, 1.165) is 6.42 Å². The molecule has 1 amide bonds. The lowest BCUT2D eigenvalue weighted by Gasteiger charge is -2.10. The van der Waals surface area contributed by atoms with Crippen LogP contribution in [0, 0.1) is 5.82 Å². The Bertz CT molecular complexity index is 699. The van der Waals surface area contributed by atoms with Crippen molar-refractivity contribution in [3.05, 3.63) is 65.5 Å². The van der Waals surface area contributed by atoms with Crippen molar-refractivity contribution < 1.29 is 14.0 Å². The van der Waals surface area contributed by atoms with Gasteiger partial charge >= 0.3 is 0 Å². The zero-order chi connectivity index (χ0) is 17.4. The van der Waals surface area contributed by atoms with E-state index in [0.29, 0.717) is 17.2 Å². The molecule has 2 aromatic rings. The minimum atomic E-state index is -0.350. The zero-order valence-corrected chi connectivity index (χ0v) is 13.8. The zero-order valence-electron chi connectivity index (χ0n) is 13.8. The fourth-order valence-electron chi connectivity index (χ4n) is 2.11. The van der Waals surface area contributed by atoms with Gasteiger partial charge in [-0.05, 0) is 47.7 Å². The maximum Gasteiger partial charge on any atom is 0.265 e. The molecule has 5 heteroatoms. The Hall–Kier alpha value is -2.69. The molecule has 4 nitrogen and oxygen atoms in total. The van der Waals surface area contributed by atoms with Crippen LogP contribution >= 0.6 is 0 Å². The van der Waals surface area contributed by atoms with Crippen LogP contribution in [0.1, 0.15) is 37.3 Å². The van der Waals surface area contributed by atoms with Gasteiger partial charge in [-0.2, -0.15) is 0 Å². The van der Waals surface area contributed by atoms with E-state index in [-0.39, 0.29) is 18.3 Å². The van der Waals surface area contributed by atoms with Crippen LogP contribution in [0.15, 0.2) is 53.7 Å². The third-order valence-corrected chi connectivity index (χ3v) is 3.70. The van der Waals surface area contributed by atoms with E-state index in [1.165, 1.54) is 23.9 Å². The second kappa shape index (κ2) is 8.82. The number of halogens is 1. The lowest BCUT2D eigenvalue weighted by Crippen LogP contribution is -2.17. The molecule has 2 aromatic carbocycles. The van der Waals surface area contributed by atoms with Gasteiger partial charge in [0.2, 0.25) is 0 Å². The second-order valence-electron chi connectivity index (χ2n) is 5.54. The summed E-state index contributed by atoms with van der Waals surface area (Å²) in [7, 11) is 0. The number of oxime groups is 1. The molecule has 126 valence electrons. The molecule has 0 unspecified atom stereocenters. The SMILES string of the molecule is CC[C@H](C)c1ccc(NC(=O)CO/N=C\c2cccc(F)c2)cc1. The summed E-state index contributed by atoms with van der Waals surface area (Å²) < 4.78 is 13.0. The number of nitrogens with zero attached hydrogens (tertiary/aromatic N) is 1.